The van der Waals surface area contributed by atoms with Crippen molar-refractivity contribution >= 4 is 11.6 Å². The monoisotopic (exact) mass is 436 g/mol. The standard InChI is InChI=1S/C25H29FN4O2/c1-25(17-29-11-9-27-10-12-29)15-22(19-4-7-23-20(14-19)8-13-32-23)28-30(24(25)31)16-18-2-5-21(26)6-3-18/h2-7,14-15,27-28H,8-13,16-17H2,1H3. The van der Waals surface area contributed by atoms with Crippen LogP contribution in [0.1, 0.15) is 23.6 Å². The van der Waals surface area contributed by atoms with Crippen LogP contribution in [0.25, 0.3) is 5.70 Å². The maximum absolute atomic E-state index is 13.6. The number of benzene rings is 2. The summed E-state index contributed by atoms with van der Waals surface area (Å²) in [4.78, 5) is 16.0. The zero-order valence-corrected chi connectivity index (χ0v) is 18.4. The third-order valence-electron chi connectivity index (χ3n) is 6.47. The number of fused-ring (bicyclic) bond motifs is 1. The van der Waals surface area contributed by atoms with Crippen molar-refractivity contribution in [3.63, 3.8) is 0 Å². The van der Waals surface area contributed by atoms with E-state index < -0.39 is 5.41 Å². The molecule has 2 N–H and O–H groups in total. The minimum Gasteiger partial charge on any atom is -0.493 e. The maximum atomic E-state index is 13.6. The third-order valence-corrected chi connectivity index (χ3v) is 6.47. The molecule has 1 saturated heterocycles. The lowest BCUT2D eigenvalue weighted by atomic mass is 9.84. The van der Waals surface area contributed by atoms with E-state index >= 15 is 0 Å². The molecule has 0 radical (unpaired) electrons. The summed E-state index contributed by atoms with van der Waals surface area (Å²) in [6.45, 7) is 7.47. The molecule has 6 nitrogen and oxygen atoms in total. The van der Waals surface area contributed by atoms with Crippen molar-refractivity contribution in [1.82, 2.24) is 20.7 Å². The Hall–Kier alpha value is -2.90. The molecular formula is C25H29FN4O2. The summed E-state index contributed by atoms with van der Waals surface area (Å²) in [6.07, 6.45) is 2.97. The number of piperazine rings is 1. The SMILES string of the molecule is CC1(CN2CCNCC2)C=C(c2ccc3c(c2)CCO3)NN(Cc2ccc(F)cc2)C1=O. The number of ether oxygens (including phenoxy) is 1. The zero-order chi connectivity index (χ0) is 22.1. The van der Waals surface area contributed by atoms with E-state index in [9.17, 15) is 9.18 Å². The zero-order valence-electron chi connectivity index (χ0n) is 18.4. The van der Waals surface area contributed by atoms with E-state index in [-0.39, 0.29) is 11.7 Å². The lowest BCUT2D eigenvalue weighted by Gasteiger charge is -2.42. The molecule has 0 spiro atoms. The summed E-state index contributed by atoms with van der Waals surface area (Å²) in [5, 5.41) is 5.05. The molecule has 1 amide bonds. The average Bonchev–Trinajstić information content (AvgIpc) is 3.27. The second-order valence-electron chi connectivity index (χ2n) is 9.05. The molecule has 0 saturated carbocycles. The Bertz CT molecular complexity index is 1030. The largest absolute Gasteiger partial charge is 0.493 e. The van der Waals surface area contributed by atoms with Gasteiger partial charge in [-0.1, -0.05) is 12.1 Å². The van der Waals surface area contributed by atoms with Crippen molar-refractivity contribution in [3.05, 3.63) is 71.0 Å². The number of nitrogens with zero attached hydrogens (tertiary/aromatic N) is 2. The van der Waals surface area contributed by atoms with Gasteiger partial charge < -0.3 is 10.1 Å². The van der Waals surface area contributed by atoms with Crippen LogP contribution < -0.4 is 15.5 Å². The van der Waals surface area contributed by atoms with Crippen molar-refractivity contribution in [2.45, 2.75) is 19.9 Å². The molecule has 168 valence electrons. The molecule has 3 aliphatic rings. The second-order valence-corrected chi connectivity index (χ2v) is 9.05. The van der Waals surface area contributed by atoms with Gasteiger partial charge in [0.15, 0.2) is 0 Å². The minimum atomic E-state index is -0.673. The lowest BCUT2D eigenvalue weighted by molar-refractivity contribution is -0.143. The van der Waals surface area contributed by atoms with E-state index in [0.29, 0.717) is 19.7 Å². The molecule has 1 atom stereocenters. The van der Waals surface area contributed by atoms with Gasteiger partial charge in [-0.2, -0.15) is 0 Å². The average molecular weight is 437 g/mol. The molecule has 0 aliphatic carbocycles. The van der Waals surface area contributed by atoms with E-state index in [2.05, 4.69) is 27.8 Å². The van der Waals surface area contributed by atoms with Gasteiger partial charge in [-0.05, 0) is 60.0 Å². The topological polar surface area (TPSA) is 56.8 Å². The number of rotatable bonds is 5. The predicted octanol–water partition coefficient (Wildman–Crippen LogP) is 2.56. The summed E-state index contributed by atoms with van der Waals surface area (Å²) in [7, 11) is 0. The molecule has 32 heavy (non-hydrogen) atoms. The number of nitrogens with one attached hydrogen (secondary N) is 2. The highest BCUT2D eigenvalue weighted by atomic mass is 19.1. The highest BCUT2D eigenvalue weighted by molar-refractivity contribution is 5.90. The molecule has 2 aromatic carbocycles. The van der Waals surface area contributed by atoms with Crippen LogP contribution in [-0.2, 0) is 17.8 Å². The highest BCUT2D eigenvalue weighted by Crippen LogP contribution is 2.34. The quantitative estimate of drug-likeness (QED) is 0.755. The Morgan fingerprint density at radius 1 is 1.12 bits per heavy atom. The van der Waals surface area contributed by atoms with Gasteiger partial charge in [-0.3, -0.25) is 20.1 Å². The summed E-state index contributed by atoms with van der Waals surface area (Å²) >= 11 is 0. The highest BCUT2D eigenvalue weighted by Gasteiger charge is 2.41. The second kappa shape index (κ2) is 8.56. The van der Waals surface area contributed by atoms with Crippen molar-refractivity contribution in [2.24, 2.45) is 5.41 Å². The van der Waals surface area contributed by atoms with Gasteiger partial charge in [0.25, 0.3) is 5.91 Å². The van der Waals surface area contributed by atoms with Crippen molar-refractivity contribution < 1.29 is 13.9 Å². The van der Waals surface area contributed by atoms with E-state index in [1.54, 1.807) is 17.1 Å². The molecule has 3 heterocycles. The molecule has 0 aromatic heterocycles. The van der Waals surface area contributed by atoms with Crippen LogP contribution in [0.15, 0.2) is 48.5 Å². The van der Waals surface area contributed by atoms with Crippen LogP contribution in [0.2, 0.25) is 0 Å². The Kier molecular flexibility index (Phi) is 5.61. The van der Waals surface area contributed by atoms with E-state index in [0.717, 1.165) is 55.2 Å². The number of hydrogen-bond acceptors (Lipinski definition) is 5. The molecule has 5 rings (SSSR count). The Labute approximate surface area is 188 Å². The molecule has 7 heteroatoms. The van der Waals surface area contributed by atoms with Gasteiger partial charge in [0.1, 0.15) is 11.6 Å². The number of halogens is 1. The first kappa shape index (κ1) is 21.0. The number of carbonyl (C=O) groups is 1. The van der Waals surface area contributed by atoms with Gasteiger partial charge >= 0.3 is 0 Å². The Balaban J connectivity index is 1.47. The molecule has 0 bridgehead atoms. The number of hydrogen-bond donors (Lipinski definition) is 2. The van der Waals surface area contributed by atoms with Crippen LogP contribution in [0.4, 0.5) is 4.39 Å². The van der Waals surface area contributed by atoms with Crippen LogP contribution in [0.5, 0.6) is 5.75 Å². The molecule has 1 unspecified atom stereocenters. The fourth-order valence-corrected chi connectivity index (χ4v) is 4.75. The fraction of sp³-hybridized carbons (Fsp3) is 0.400. The Morgan fingerprint density at radius 2 is 1.91 bits per heavy atom. The summed E-state index contributed by atoms with van der Waals surface area (Å²) in [5.41, 5.74) is 6.69. The van der Waals surface area contributed by atoms with Gasteiger partial charge in [-0.25, -0.2) is 4.39 Å². The maximum Gasteiger partial charge on any atom is 0.252 e. The normalized spacial score (nSPS) is 23.4. The lowest BCUT2D eigenvalue weighted by Crippen LogP contribution is -2.56. The van der Waals surface area contributed by atoms with Crippen molar-refractivity contribution in [2.75, 3.05) is 39.3 Å². The van der Waals surface area contributed by atoms with Crippen LogP contribution >= 0.6 is 0 Å². The van der Waals surface area contributed by atoms with Gasteiger partial charge in [-0.15, -0.1) is 0 Å². The predicted molar refractivity (Wildman–Crippen MR) is 121 cm³/mol. The van der Waals surface area contributed by atoms with Crippen LogP contribution in [0.3, 0.4) is 0 Å². The van der Waals surface area contributed by atoms with Gasteiger partial charge in [0.05, 0.1) is 24.3 Å². The van der Waals surface area contributed by atoms with E-state index in [1.165, 1.54) is 17.7 Å². The number of hydrazine groups is 1. The summed E-state index contributed by atoms with van der Waals surface area (Å²) < 4.78 is 19.1. The molecule has 3 aliphatic heterocycles. The summed E-state index contributed by atoms with van der Waals surface area (Å²) in [5.74, 6) is 0.678. The molecule has 2 aromatic rings. The summed E-state index contributed by atoms with van der Waals surface area (Å²) in [6, 6.07) is 12.5. The minimum absolute atomic E-state index is 0.0219. The van der Waals surface area contributed by atoms with Gasteiger partial charge in [0, 0.05) is 39.1 Å². The smallest absolute Gasteiger partial charge is 0.252 e. The molecular weight excluding hydrogens is 407 g/mol. The first-order chi connectivity index (χ1) is 15.5. The van der Waals surface area contributed by atoms with Gasteiger partial charge in [0.2, 0.25) is 0 Å². The molecule has 1 fully saturated rings. The first-order valence-electron chi connectivity index (χ1n) is 11.3. The third kappa shape index (κ3) is 4.23. The first-order valence-corrected chi connectivity index (χ1v) is 11.3. The fourth-order valence-electron chi connectivity index (χ4n) is 4.75. The number of amides is 1. The van der Waals surface area contributed by atoms with E-state index in [4.69, 9.17) is 4.74 Å². The van der Waals surface area contributed by atoms with Crippen molar-refractivity contribution in [3.8, 4) is 5.75 Å². The van der Waals surface area contributed by atoms with Crippen LogP contribution in [0, 0.1) is 11.2 Å². The van der Waals surface area contributed by atoms with E-state index in [1.807, 2.05) is 19.1 Å². The van der Waals surface area contributed by atoms with Crippen LogP contribution in [-0.4, -0.2) is 55.1 Å². The Morgan fingerprint density at radius 3 is 2.69 bits per heavy atom. The van der Waals surface area contributed by atoms with Crippen molar-refractivity contribution in [1.29, 1.82) is 0 Å². The number of carbonyl (C=O) groups excluding carboxylic acids is 1.